The number of nitrogens with zero attached hydrogens (tertiary/aromatic N) is 5. The van der Waals surface area contributed by atoms with Crippen LogP contribution in [-0.4, -0.2) is 31.5 Å². The number of rotatable bonds is 5. The molecule has 0 bridgehead atoms. The van der Waals surface area contributed by atoms with Gasteiger partial charge in [-0.3, -0.25) is 4.40 Å². The van der Waals surface area contributed by atoms with Crippen molar-refractivity contribution in [2.45, 2.75) is 6.54 Å². The third-order valence-corrected chi connectivity index (χ3v) is 5.67. The van der Waals surface area contributed by atoms with Crippen LogP contribution in [0, 0.1) is 0 Å². The van der Waals surface area contributed by atoms with E-state index in [1.807, 2.05) is 71.0 Å². The number of hydrogen-bond acceptors (Lipinski definition) is 5. The van der Waals surface area contributed by atoms with Crippen LogP contribution in [0.1, 0.15) is 5.56 Å². The van der Waals surface area contributed by atoms with E-state index >= 15 is 0 Å². The molecule has 0 amide bonds. The molecule has 3 heterocycles. The molecule has 0 saturated heterocycles. The number of thiazole rings is 1. The maximum absolute atomic E-state index is 6.06. The van der Waals surface area contributed by atoms with Crippen molar-refractivity contribution in [3.8, 4) is 28.4 Å². The zero-order chi connectivity index (χ0) is 19.8. The van der Waals surface area contributed by atoms with Gasteiger partial charge in [-0.25, -0.2) is 9.67 Å². The summed E-state index contributed by atoms with van der Waals surface area (Å²) >= 11 is 7.64. The SMILES string of the molecule is COc1ccc(Cn2cc(-c3c(-c4ccc(Cl)cc4)nc4sccn34)nn2)cc1. The van der Waals surface area contributed by atoms with Crippen LogP contribution in [0.3, 0.4) is 0 Å². The summed E-state index contributed by atoms with van der Waals surface area (Å²) in [5.41, 5.74) is 4.67. The van der Waals surface area contributed by atoms with Crippen molar-refractivity contribution in [1.82, 2.24) is 24.4 Å². The highest BCUT2D eigenvalue weighted by atomic mass is 35.5. The molecule has 6 nitrogen and oxygen atoms in total. The van der Waals surface area contributed by atoms with Crippen LogP contribution < -0.4 is 4.74 Å². The molecule has 0 aliphatic carbocycles. The lowest BCUT2D eigenvalue weighted by atomic mass is 10.1. The number of fused-ring (bicyclic) bond motifs is 1. The third kappa shape index (κ3) is 3.39. The number of benzene rings is 2. The summed E-state index contributed by atoms with van der Waals surface area (Å²) in [5.74, 6) is 0.833. The summed E-state index contributed by atoms with van der Waals surface area (Å²) in [6.45, 7) is 0.624. The smallest absolute Gasteiger partial charge is 0.194 e. The highest BCUT2D eigenvalue weighted by molar-refractivity contribution is 7.15. The van der Waals surface area contributed by atoms with Crippen LogP contribution in [-0.2, 0) is 6.54 Å². The van der Waals surface area contributed by atoms with Gasteiger partial charge < -0.3 is 4.74 Å². The fourth-order valence-electron chi connectivity index (χ4n) is 3.24. The Hall–Kier alpha value is -3.16. The van der Waals surface area contributed by atoms with Crippen molar-refractivity contribution in [2.75, 3.05) is 7.11 Å². The van der Waals surface area contributed by atoms with Gasteiger partial charge in [0.15, 0.2) is 4.96 Å². The Balaban J connectivity index is 1.53. The van der Waals surface area contributed by atoms with Crippen molar-refractivity contribution in [3.05, 3.63) is 76.9 Å². The molecular weight excluding hydrogens is 406 g/mol. The van der Waals surface area contributed by atoms with Crippen LogP contribution in [0.5, 0.6) is 5.75 Å². The average molecular weight is 422 g/mol. The molecule has 0 N–H and O–H groups in total. The first-order valence-corrected chi connectivity index (χ1v) is 10.2. The standard InChI is InChI=1S/C21H16ClN5OS/c1-28-17-8-2-14(3-9-17)12-26-13-18(24-25-26)20-19(15-4-6-16(22)7-5-15)23-21-27(20)10-11-29-21/h2-11,13H,12H2,1H3. The highest BCUT2D eigenvalue weighted by Gasteiger charge is 2.19. The van der Waals surface area contributed by atoms with Gasteiger partial charge in [0.1, 0.15) is 17.1 Å². The Kier molecular flexibility index (Phi) is 4.54. The molecule has 0 saturated carbocycles. The van der Waals surface area contributed by atoms with Gasteiger partial charge in [-0.05, 0) is 29.8 Å². The predicted octanol–water partition coefficient (Wildman–Crippen LogP) is 5.03. The quantitative estimate of drug-likeness (QED) is 0.399. The number of ether oxygens (including phenoxy) is 1. The van der Waals surface area contributed by atoms with Gasteiger partial charge in [-0.2, -0.15) is 0 Å². The van der Waals surface area contributed by atoms with Gasteiger partial charge in [-0.15, -0.1) is 16.4 Å². The fourth-order valence-corrected chi connectivity index (χ4v) is 4.08. The number of aromatic nitrogens is 5. The summed E-state index contributed by atoms with van der Waals surface area (Å²) in [6, 6.07) is 15.6. The first-order chi connectivity index (χ1) is 14.2. The van der Waals surface area contributed by atoms with Crippen molar-refractivity contribution in [2.24, 2.45) is 0 Å². The second-order valence-electron chi connectivity index (χ2n) is 6.52. The number of methoxy groups -OCH3 is 1. The lowest BCUT2D eigenvalue weighted by Crippen LogP contribution is -2.00. The van der Waals surface area contributed by atoms with Gasteiger partial charge in [0.2, 0.25) is 0 Å². The Morgan fingerprint density at radius 2 is 1.86 bits per heavy atom. The Labute approximate surface area is 176 Å². The predicted molar refractivity (Wildman–Crippen MR) is 115 cm³/mol. The second kappa shape index (κ2) is 7.35. The number of hydrogen-bond donors (Lipinski definition) is 0. The van der Waals surface area contributed by atoms with Gasteiger partial charge in [-0.1, -0.05) is 41.1 Å². The molecule has 0 atom stereocenters. The lowest BCUT2D eigenvalue weighted by molar-refractivity contribution is 0.414. The second-order valence-corrected chi connectivity index (χ2v) is 7.83. The molecule has 5 rings (SSSR count). The van der Waals surface area contributed by atoms with E-state index in [4.69, 9.17) is 21.3 Å². The first kappa shape index (κ1) is 17.9. The Bertz CT molecular complexity index is 1270. The van der Waals surface area contributed by atoms with E-state index in [0.29, 0.717) is 11.6 Å². The normalized spacial score (nSPS) is 11.2. The summed E-state index contributed by atoms with van der Waals surface area (Å²) in [4.78, 5) is 5.72. The van der Waals surface area contributed by atoms with Crippen molar-refractivity contribution in [1.29, 1.82) is 0 Å². The molecule has 3 aromatic heterocycles. The van der Waals surface area contributed by atoms with E-state index in [-0.39, 0.29) is 0 Å². The topological polar surface area (TPSA) is 57.2 Å². The van der Waals surface area contributed by atoms with E-state index < -0.39 is 0 Å². The van der Waals surface area contributed by atoms with Gasteiger partial charge in [0, 0.05) is 22.2 Å². The van der Waals surface area contributed by atoms with E-state index in [1.165, 1.54) is 0 Å². The Morgan fingerprint density at radius 1 is 1.07 bits per heavy atom. The van der Waals surface area contributed by atoms with Crippen LogP contribution in [0.25, 0.3) is 27.6 Å². The van der Waals surface area contributed by atoms with E-state index in [9.17, 15) is 0 Å². The van der Waals surface area contributed by atoms with Crippen LogP contribution in [0.4, 0.5) is 0 Å². The van der Waals surface area contributed by atoms with Crippen molar-refractivity contribution in [3.63, 3.8) is 0 Å². The van der Waals surface area contributed by atoms with Crippen molar-refractivity contribution < 1.29 is 4.74 Å². The molecule has 0 unspecified atom stereocenters. The summed E-state index contributed by atoms with van der Waals surface area (Å²) < 4.78 is 9.10. The minimum absolute atomic E-state index is 0.624. The molecule has 2 aromatic carbocycles. The molecule has 8 heteroatoms. The largest absolute Gasteiger partial charge is 0.497 e. The monoisotopic (exact) mass is 421 g/mol. The minimum Gasteiger partial charge on any atom is -0.497 e. The first-order valence-electron chi connectivity index (χ1n) is 8.96. The third-order valence-electron chi connectivity index (χ3n) is 4.66. The zero-order valence-electron chi connectivity index (χ0n) is 15.5. The van der Waals surface area contributed by atoms with E-state index in [2.05, 4.69) is 14.7 Å². The average Bonchev–Trinajstić information content (AvgIpc) is 3.45. The molecule has 29 heavy (non-hydrogen) atoms. The minimum atomic E-state index is 0.624. The van der Waals surface area contributed by atoms with Crippen LogP contribution in [0.15, 0.2) is 66.3 Å². The molecule has 0 aliphatic heterocycles. The van der Waals surface area contributed by atoms with Crippen LogP contribution in [0.2, 0.25) is 5.02 Å². The summed E-state index contributed by atoms with van der Waals surface area (Å²) in [5, 5.41) is 11.5. The van der Waals surface area contributed by atoms with Crippen molar-refractivity contribution >= 4 is 27.9 Å². The molecule has 144 valence electrons. The highest BCUT2D eigenvalue weighted by Crippen LogP contribution is 2.33. The maximum atomic E-state index is 6.06. The van der Waals surface area contributed by atoms with Gasteiger partial charge in [0.05, 0.1) is 25.5 Å². The molecule has 5 aromatic rings. The molecule has 0 spiro atoms. The van der Waals surface area contributed by atoms with Crippen LogP contribution >= 0.6 is 22.9 Å². The molecule has 0 fully saturated rings. The number of halogens is 1. The van der Waals surface area contributed by atoms with Gasteiger partial charge >= 0.3 is 0 Å². The molecular formula is C21H16ClN5OS. The summed E-state index contributed by atoms with van der Waals surface area (Å²) in [7, 11) is 1.66. The fraction of sp³-hybridized carbons (Fsp3) is 0.0952. The zero-order valence-corrected chi connectivity index (χ0v) is 17.1. The lowest BCUT2D eigenvalue weighted by Gasteiger charge is -2.03. The number of imidazole rings is 1. The molecule has 0 radical (unpaired) electrons. The Morgan fingerprint density at radius 3 is 2.62 bits per heavy atom. The maximum Gasteiger partial charge on any atom is 0.194 e. The van der Waals surface area contributed by atoms with E-state index in [1.54, 1.807) is 18.4 Å². The van der Waals surface area contributed by atoms with E-state index in [0.717, 1.165) is 38.9 Å². The molecule has 0 aliphatic rings. The summed E-state index contributed by atoms with van der Waals surface area (Å²) in [6.07, 6.45) is 3.95. The van der Waals surface area contributed by atoms with Gasteiger partial charge in [0.25, 0.3) is 0 Å².